The van der Waals surface area contributed by atoms with E-state index in [0.29, 0.717) is 19.5 Å². The van der Waals surface area contributed by atoms with E-state index in [-0.39, 0.29) is 30.8 Å². The minimum absolute atomic E-state index is 0.142. The van der Waals surface area contributed by atoms with Crippen molar-refractivity contribution in [3.8, 4) is 0 Å². The summed E-state index contributed by atoms with van der Waals surface area (Å²) in [5.41, 5.74) is 1.01. The second-order valence-corrected chi connectivity index (χ2v) is 8.00. The van der Waals surface area contributed by atoms with E-state index in [4.69, 9.17) is 14.1 Å². The van der Waals surface area contributed by atoms with E-state index < -0.39 is 0 Å². The standard InChI is InChI=1S/C21H22N2O4S/c24-19(14-27-20(25)10-9-16-6-4-12-26-16)23-11-3-5-15(13-23)21-22-17-7-1-2-8-18(17)28-21/h1-2,4,6-8,12,15H,3,5,9-11,13-14H2/t15-/m0/s1. The van der Waals surface area contributed by atoms with E-state index in [1.807, 2.05) is 24.3 Å². The largest absolute Gasteiger partial charge is 0.469 e. The van der Waals surface area contributed by atoms with Crippen molar-refractivity contribution in [2.45, 2.75) is 31.6 Å². The van der Waals surface area contributed by atoms with Gasteiger partial charge in [-0.15, -0.1) is 11.3 Å². The van der Waals surface area contributed by atoms with Crippen molar-refractivity contribution in [1.82, 2.24) is 9.88 Å². The Kier molecular flexibility index (Phi) is 5.71. The third kappa shape index (κ3) is 4.42. The summed E-state index contributed by atoms with van der Waals surface area (Å²) in [6.45, 7) is 1.12. The maximum atomic E-state index is 12.5. The smallest absolute Gasteiger partial charge is 0.306 e. The summed E-state index contributed by atoms with van der Waals surface area (Å²) in [5.74, 6) is 0.448. The normalized spacial score (nSPS) is 17.0. The van der Waals surface area contributed by atoms with Crippen molar-refractivity contribution in [1.29, 1.82) is 0 Å². The average Bonchev–Trinajstić information content (AvgIpc) is 3.40. The predicted octanol–water partition coefficient (Wildman–Crippen LogP) is 3.77. The van der Waals surface area contributed by atoms with Crippen LogP contribution in [-0.2, 0) is 20.7 Å². The Morgan fingerprint density at radius 3 is 2.96 bits per heavy atom. The van der Waals surface area contributed by atoms with Gasteiger partial charge in [-0.1, -0.05) is 12.1 Å². The van der Waals surface area contributed by atoms with Crippen LogP contribution in [0.2, 0.25) is 0 Å². The summed E-state index contributed by atoms with van der Waals surface area (Å²) in [6.07, 6.45) is 4.20. The topological polar surface area (TPSA) is 72.6 Å². The molecule has 1 aromatic carbocycles. The molecule has 7 heteroatoms. The number of fused-ring (bicyclic) bond motifs is 1. The number of hydrogen-bond acceptors (Lipinski definition) is 6. The Bertz CT molecular complexity index is 917. The molecule has 0 saturated carbocycles. The Hall–Kier alpha value is -2.67. The lowest BCUT2D eigenvalue weighted by molar-refractivity contribution is -0.152. The highest BCUT2D eigenvalue weighted by Gasteiger charge is 2.27. The van der Waals surface area contributed by atoms with Gasteiger partial charge >= 0.3 is 5.97 Å². The zero-order valence-electron chi connectivity index (χ0n) is 15.5. The van der Waals surface area contributed by atoms with Gasteiger partial charge in [0.1, 0.15) is 5.76 Å². The number of carbonyl (C=O) groups is 2. The molecule has 146 valence electrons. The molecule has 1 fully saturated rings. The Morgan fingerprint density at radius 1 is 1.25 bits per heavy atom. The lowest BCUT2D eigenvalue weighted by atomic mass is 9.99. The highest BCUT2D eigenvalue weighted by molar-refractivity contribution is 7.18. The molecule has 3 heterocycles. The molecule has 0 radical (unpaired) electrons. The first kappa shape index (κ1) is 18.7. The van der Waals surface area contributed by atoms with Crippen LogP contribution in [0.3, 0.4) is 0 Å². The van der Waals surface area contributed by atoms with Crippen LogP contribution in [0.1, 0.15) is 35.9 Å². The quantitative estimate of drug-likeness (QED) is 0.591. The molecule has 0 unspecified atom stereocenters. The Balaban J connectivity index is 1.28. The average molecular weight is 398 g/mol. The number of aryl methyl sites for hydroxylation is 1. The number of likely N-dealkylation sites (tertiary alicyclic amines) is 1. The molecule has 6 nitrogen and oxygen atoms in total. The molecule has 3 aromatic rings. The van der Waals surface area contributed by atoms with Gasteiger partial charge in [0.25, 0.3) is 5.91 Å². The monoisotopic (exact) mass is 398 g/mol. The van der Waals surface area contributed by atoms with Crippen LogP contribution in [0.5, 0.6) is 0 Å². The van der Waals surface area contributed by atoms with E-state index in [1.165, 1.54) is 4.70 Å². The number of rotatable bonds is 6. The van der Waals surface area contributed by atoms with Crippen LogP contribution in [0.4, 0.5) is 0 Å². The van der Waals surface area contributed by atoms with Crippen LogP contribution < -0.4 is 0 Å². The molecule has 1 aliphatic heterocycles. The van der Waals surface area contributed by atoms with Crippen molar-refractivity contribution in [3.63, 3.8) is 0 Å². The van der Waals surface area contributed by atoms with E-state index in [2.05, 4.69) is 6.07 Å². The molecule has 28 heavy (non-hydrogen) atoms. The summed E-state index contributed by atoms with van der Waals surface area (Å²) >= 11 is 1.70. The molecule has 0 aliphatic carbocycles. The van der Waals surface area contributed by atoms with Gasteiger partial charge in [-0.25, -0.2) is 4.98 Å². The first-order valence-electron chi connectivity index (χ1n) is 9.50. The number of amides is 1. The van der Waals surface area contributed by atoms with Crippen LogP contribution >= 0.6 is 11.3 Å². The molecule has 1 atom stereocenters. The molecule has 1 saturated heterocycles. The van der Waals surface area contributed by atoms with E-state index >= 15 is 0 Å². The molecule has 1 aliphatic rings. The SMILES string of the molecule is O=C(CCc1ccco1)OCC(=O)N1CCC[C@H](c2nc3ccccc3s2)C1. The third-order valence-corrected chi connectivity index (χ3v) is 6.14. The van der Waals surface area contributed by atoms with Crippen molar-refractivity contribution < 1.29 is 18.7 Å². The predicted molar refractivity (Wildman–Crippen MR) is 106 cm³/mol. The van der Waals surface area contributed by atoms with E-state index in [9.17, 15) is 9.59 Å². The van der Waals surface area contributed by atoms with Gasteiger partial charge in [0.05, 0.1) is 27.9 Å². The number of benzene rings is 1. The van der Waals surface area contributed by atoms with Crippen molar-refractivity contribution in [2.75, 3.05) is 19.7 Å². The summed E-state index contributed by atoms with van der Waals surface area (Å²) in [4.78, 5) is 30.9. The Labute approximate surface area is 167 Å². The number of aromatic nitrogens is 1. The highest BCUT2D eigenvalue weighted by atomic mass is 32.1. The van der Waals surface area contributed by atoms with Gasteiger partial charge in [0, 0.05) is 25.4 Å². The number of esters is 1. The van der Waals surface area contributed by atoms with Gasteiger partial charge in [0.2, 0.25) is 0 Å². The number of nitrogens with zero attached hydrogens (tertiary/aromatic N) is 2. The number of thiazole rings is 1. The van der Waals surface area contributed by atoms with Gasteiger partial charge in [-0.2, -0.15) is 0 Å². The van der Waals surface area contributed by atoms with Crippen molar-refractivity contribution in [2.24, 2.45) is 0 Å². The summed E-state index contributed by atoms with van der Waals surface area (Å²) in [6, 6.07) is 11.7. The van der Waals surface area contributed by atoms with Gasteiger partial charge < -0.3 is 14.1 Å². The lowest BCUT2D eigenvalue weighted by Gasteiger charge is -2.31. The number of carbonyl (C=O) groups excluding carboxylic acids is 2. The third-order valence-electron chi connectivity index (χ3n) is 4.95. The summed E-state index contributed by atoms with van der Waals surface area (Å²) in [5, 5.41) is 1.08. The fraction of sp³-hybridized carbons (Fsp3) is 0.381. The van der Waals surface area contributed by atoms with E-state index in [1.54, 1.807) is 28.6 Å². The minimum atomic E-state index is -0.385. The van der Waals surface area contributed by atoms with Crippen LogP contribution in [0, 0.1) is 0 Å². The van der Waals surface area contributed by atoms with Crippen LogP contribution in [-0.4, -0.2) is 41.5 Å². The molecule has 0 bridgehead atoms. The fourth-order valence-electron chi connectivity index (χ4n) is 3.46. The second-order valence-electron chi connectivity index (χ2n) is 6.94. The minimum Gasteiger partial charge on any atom is -0.469 e. The van der Waals surface area contributed by atoms with Crippen molar-refractivity contribution >= 4 is 33.4 Å². The van der Waals surface area contributed by atoms with Crippen LogP contribution in [0.25, 0.3) is 10.2 Å². The molecule has 2 aromatic heterocycles. The van der Waals surface area contributed by atoms with Crippen LogP contribution in [0.15, 0.2) is 47.1 Å². The van der Waals surface area contributed by atoms with Gasteiger partial charge in [-0.3, -0.25) is 9.59 Å². The first-order valence-corrected chi connectivity index (χ1v) is 10.3. The molecule has 0 spiro atoms. The molecule has 1 amide bonds. The zero-order chi connectivity index (χ0) is 19.3. The second kappa shape index (κ2) is 8.56. The number of piperidine rings is 1. The number of para-hydroxylation sites is 1. The Morgan fingerprint density at radius 2 is 2.14 bits per heavy atom. The van der Waals surface area contributed by atoms with E-state index in [0.717, 1.165) is 29.1 Å². The summed E-state index contributed by atoms with van der Waals surface area (Å²) in [7, 11) is 0. The number of ether oxygens (including phenoxy) is 1. The first-order chi connectivity index (χ1) is 13.7. The number of hydrogen-bond donors (Lipinski definition) is 0. The maximum Gasteiger partial charge on any atom is 0.306 e. The molecule has 4 rings (SSSR count). The van der Waals surface area contributed by atoms with Gasteiger partial charge in [-0.05, 0) is 37.1 Å². The fourth-order valence-corrected chi connectivity index (χ4v) is 4.55. The molecule has 0 N–H and O–H groups in total. The maximum absolute atomic E-state index is 12.5. The number of furan rings is 1. The molecular formula is C21H22N2O4S. The van der Waals surface area contributed by atoms with Gasteiger partial charge in [0.15, 0.2) is 6.61 Å². The zero-order valence-corrected chi connectivity index (χ0v) is 16.3. The van der Waals surface area contributed by atoms with Crippen molar-refractivity contribution in [3.05, 3.63) is 53.4 Å². The highest BCUT2D eigenvalue weighted by Crippen LogP contribution is 2.32. The molecular weight excluding hydrogens is 376 g/mol. The lowest BCUT2D eigenvalue weighted by Crippen LogP contribution is -2.41. The summed E-state index contributed by atoms with van der Waals surface area (Å²) < 4.78 is 11.5.